The van der Waals surface area contributed by atoms with Crippen molar-refractivity contribution in [3.63, 3.8) is 0 Å². The second-order valence-electron chi connectivity index (χ2n) is 6.03. The van der Waals surface area contributed by atoms with Gasteiger partial charge in [-0.3, -0.25) is 10.1 Å². The van der Waals surface area contributed by atoms with Gasteiger partial charge in [-0.15, -0.1) is 4.98 Å². The van der Waals surface area contributed by atoms with E-state index in [0.29, 0.717) is 11.9 Å². The predicted molar refractivity (Wildman–Crippen MR) is 90.9 cm³/mol. The monoisotopic (exact) mass is 312 g/mol. The summed E-state index contributed by atoms with van der Waals surface area (Å²) in [7, 11) is 0. The van der Waals surface area contributed by atoms with Gasteiger partial charge in [-0.25, -0.2) is 9.98 Å². The zero-order chi connectivity index (χ0) is 16.4. The van der Waals surface area contributed by atoms with E-state index in [9.17, 15) is 4.79 Å². The summed E-state index contributed by atoms with van der Waals surface area (Å²) in [4.78, 5) is 22.3. The van der Waals surface area contributed by atoms with E-state index in [1.807, 2.05) is 26.0 Å². The molecule has 0 fully saturated rings. The Labute approximate surface area is 134 Å². The number of guanidine groups is 1. The van der Waals surface area contributed by atoms with Gasteiger partial charge in [-0.05, 0) is 51.2 Å². The van der Waals surface area contributed by atoms with E-state index in [2.05, 4.69) is 26.3 Å². The number of aryl methyl sites for hydroxylation is 3. The third-order valence-corrected chi connectivity index (χ3v) is 4.10. The van der Waals surface area contributed by atoms with Gasteiger partial charge in [0, 0.05) is 0 Å². The summed E-state index contributed by atoms with van der Waals surface area (Å²) in [6.45, 7) is 4.06. The molecule has 1 heterocycles. The van der Waals surface area contributed by atoms with Crippen molar-refractivity contribution in [3.05, 3.63) is 50.9 Å². The molecule has 0 saturated heterocycles. The minimum Gasteiger partial charge on any atom is -0.322 e. The fraction of sp³-hybridized carbons (Fsp3) is 0.353. The van der Waals surface area contributed by atoms with Gasteiger partial charge in [-0.2, -0.15) is 0 Å². The molecule has 1 aromatic heterocycles. The minimum absolute atomic E-state index is 0.0727. The molecule has 1 aromatic carbocycles. The molecule has 0 spiro atoms. The van der Waals surface area contributed by atoms with Crippen molar-refractivity contribution in [2.45, 2.75) is 39.5 Å². The lowest BCUT2D eigenvalue weighted by Gasteiger charge is -2.11. The Hall–Kier alpha value is -2.63. The van der Waals surface area contributed by atoms with Crippen molar-refractivity contribution in [1.82, 2.24) is 9.97 Å². The summed E-state index contributed by atoms with van der Waals surface area (Å²) in [5, 5.41) is 3.11. The van der Waals surface area contributed by atoms with Crippen molar-refractivity contribution >= 4 is 17.6 Å². The van der Waals surface area contributed by atoms with Crippen LogP contribution < -0.4 is 21.6 Å². The van der Waals surface area contributed by atoms with Gasteiger partial charge in [0.1, 0.15) is 0 Å². The second-order valence-corrected chi connectivity index (χ2v) is 6.03. The van der Waals surface area contributed by atoms with E-state index in [4.69, 9.17) is 5.73 Å². The number of benzene rings is 1. The maximum atomic E-state index is 12.1. The third-order valence-electron chi connectivity index (χ3n) is 4.10. The fourth-order valence-electron chi connectivity index (χ4n) is 2.92. The normalized spacial score (nSPS) is 14.4. The number of aromatic nitrogens is 2. The van der Waals surface area contributed by atoms with Crippen molar-refractivity contribution < 1.29 is 4.99 Å². The fourth-order valence-corrected chi connectivity index (χ4v) is 2.92. The molecule has 5 N–H and O–H groups in total. The molecule has 120 valence electrons. The molecule has 6 heteroatoms. The highest BCUT2D eigenvalue weighted by Gasteiger charge is 2.18. The number of nitrogens with zero attached hydrogens (tertiary/aromatic N) is 1. The number of hydrogen-bond acceptors (Lipinski definition) is 2. The van der Waals surface area contributed by atoms with Gasteiger partial charge in [-0.1, -0.05) is 17.7 Å². The van der Waals surface area contributed by atoms with E-state index >= 15 is 0 Å². The van der Waals surface area contributed by atoms with Crippen LogP contribution in [0.1, 0.15) is 35.2 Å². The van der Waals surface area contributed by atoms with Crippen LogP contribution in [0, 0.1) is 13.8 Å². The zero-order valence-corrected chi connectivity index (χ0v) is 13.5. The largest absolute Gasteiger partial charge is 0.325 e. The van der Waals surface area contributed by atoms with E-state index in [1.54, 1.807) is 0 Å². The summed E-state index contributed by atoms with van der Waals surface area (Å²) >= 11 is 0. The first-order valence-corrected chi connectivity index (χ1v) is 7.89. The zero-order valence-electron chi connectivity index (χ0n) is 13.5. The topological polar surface area (TPSA) is 97.8 Å². The van der Waals surface area contributed by atoms with Gasteiger partial charge >= 0.3 is 5.95 Å². The first-order chi connectivity index (χ1) is 11.0. The predicted octanol–water partition coefficient (Wildman–Crippen LogP) is 0.404. The molecule has 23 heavy (non-hydrogen) atoms. The SMILES string of the molecule is Cc1ccc(NC(N)=[NH+]c2nc3c(c(=O)[nH]2)CCCC3)c(C)c1. The first-order valence-electron chi connectivity index (χ1n) is 7.89. The van der Waals surface area contributed by atoms with Crippen molar-refractivity contribution in [2.24, 2.45) is 5.73 Å². The molecule has 3 rings (SSSR count). The summed E-state index contributed by atoms with van der Waals surface area (Å²) in [5.41, 5.74) is 10.8. The maximum Gasteiger partial charge on any atom is 0.325 e. The Morgan fingerprint density at radius 2 is 2.09 bits per heavy atom. The lowest BCUT2D eigenvalue weighted by atomic mass is 9.97. The van der Waals surface area contributed by atoms with Crippen LogP contribution in [0.25, 0.3) is 0 Å². The average molecular weight is 312 g/mol. The molecule has 0 saturated carbocycles. The Morgan fingerprint density at radius 1 is 1.30 bits per heavy atom. The van der Waals surface area contributed by atoms with Crippen LogP contribution in [-0.2, 0) is 12.8 Å². The molecular weight excluding hydrogens is 290 g/mol. The number of aromatic amines is 1. The van der Waals surface area contributed by atoms with Crippen LogP contribution in [0.2, 0.25) is 0 Å². The van der Waals surface area contributed by atoms with Crippen molar-refractivity contribution in [3.8, 4) is 0 Å². The molecular formula is C17H22N5O+. The summed E-state index contributed by atoms with van der Waals surface area (Å²) < 4.78 is 0. The number of nitrogens with one attached hydrogen (secondary N) is 3. The summed E-state index contributed by atoms with van der Waals surface area (Å²) in [5.74, 6) is 0.710. The van der Waals surface area contributed by atoms with Crippen molar-refractivity contribution in [1.29, 1.82) is 0 Å². The van der Waals surface area contributed by atoms with E-state index in [-0.39, 0.29) is 5.56 Å². The Bertz CT molecular complexity index is 822. The highest BCUT2D eigenvalue weighted by Crippen LogP contribution is 2.16. The van der Waals surface area contributed by atoms with Gasteiger partial charge < -0.3 is 5.73 Å². The quantitative estimate of drug-likeness (QED) is 0.477. The molecule has 0 bridgehead atoms. The van der Waals surface area contributed by atoms with Crippen LogP contribution in [0.3, 0.4) is 0 Å². The average Bonchev–Trinajstić information content (AvgIpc) is 2.50. The van der Waals surface area contributed by atoms with Gasteiger partial charge in [0.2, 0.25) is 0 Å². The number of hydrogen-bond donors (Lipinski definition) is 4. The van der Waals surface area contributed by atoms with Crippen LogP contribution in [0.5, 0.6) is 0 Å². The number of rotatable bonds is 2. The second kappa shape index (κ2) is 6.24. The first kappa shape index (κ1) is 15.3. The summed E-state index contributed by atoms with van der Waals surface area (Å²) in [6.07, 6.45) is 3.77. The molecule has 2 aromatic rings. The molecule has 1 aliphatic rings. The number of nitrogens with two attached hydrogens (primary N) is 1. The number of anilines is 1. The lowest BCUT2D eigenvalue weighted by Crippen LogP contribution is -2.73. The number of fused-ring (bicyclic) bond motifs is 1. The Morgan fingerprint density at radius 3 is 2.87 bits per heavy atom. The van der Waals surface area contributed by atoms with Crippen LogP contribution >= 0.6 is 0 Å². The molecule has 6 nitrogen and oxygen atoms in total. The molecule has 0 aliphatic heterocycles. The molecule has 0 unspecified atom stereocenters. The molecule has 0 radical (unpaired) electrons. The van der Waals surface area contributed by atoms with Gasteiger partial charge in [0.25, 0.3) is 11.5 Å². The van der Waals surface area contributed by atoms with Crippen molar-refractivity contribution in [2.75, 3.05) is 5.32 Å². The van der Waals surface area contributed by atoms with E-state index in [0.717, 1.165) is 48.2 Å². The van der Waals surface area contributed by atoms with E-state index in [1.165, 1.54) is 5.56 Å². The Balaban J connectivity index is 1.86. The molecule has 0 atom stereocenters. The van der Waals surface area contributed by atoms with E-state index < -0.39 is 0 Å². The van der Waals surface area contributed by atoms with Crippen LogP contribution in [-0.4, -0.2) is 15.9 Å². The molecule has 1 aliphatic carbocycles. The van der Waals surface area contributed by atoms with Crippen LogP contribution in [0.15, 0.2) is 23.0 Å². The highest BCUT2D eigenvalue weighted by atomic mass is 16.1. The standard InChI is InChI=1S/C17H21N5O/c1-10-7-8-13(11(2)9-10)19-16(18)22-17-20-14-6-4-3-5-12(14)15(23)21-17/h7-9H,3-6H2,1-2H3,(H4,18,19,20,21,22,23)/p+1. The summed E-state index contributed by atoms with van der Waals surface area (Å²) in [6, 6.07) is 6.07. The smallest absolute Gasteiger partial charge is 0.322 e. The lowest BCUT2D eigenvalue weighted by molar-refractivity contribution is -0.365. The maximum absolute atomic E-state index is 12.1. The molecule has 0 amide bonds. The Kier molecular flexibility index (Phi) is 4.14. The highest BCUT2D eigenvalue weighted by molar-refractivity contribution is 5.89. The van der Waals surface area contributed by atoms with Gasteiger partial charge in [0.15, 0.2) is 0 Å². The van der Waals surface area contributed by atoms with Gasteiger partial charge in [0.05, 0.1) is 16.9 Å². The van der Waals surface area contributed by atoms with Crippen LogP contribution in [0.4, 0.5) is 11.6 Å². The minimum atomic E-state index is -0.0727. The third kappa shape index (κ3) is 3.41. The number of H-pyrrole nitrogens is 1.